The Bertz CT molecular complexity index is 354. The van der Waals surface area contributed by atoms with Gasteiger partial charge in [0.2, 0.25) is 0 Å². The van der Waals surface area contributed by atoms with E-state index in [0.29, 0.717) is 0 Å². The van der Waals surface area contributed by atoms with Crippen LogP contribution in [0.4, 0.5) is 0 Å². The minimum Gasteiger partial charge on any atom is -0.473 e. The fourth-order valence-electron chi connectivity index (χ4n) is 1.12. The molecule has 0 aliphatic rings. The lowest BCUT2D eigenvalue weighted by atomic mass is 10.1. The van der Waals surface area contributed by atoms with Crippen LogP contribution in [0.5, 0.6) is 0 Å². The summed E-state index contributed by atoms with van der Waals surface area (Å²) in [6.07, 6.45) is 0.430. The van der Waals surface area contributed by atoms with E-state index in [1.807, 2.05) is 37.4 Å². The van der Waals surface area contributed by atoms with Gasteiger partial charge in [-0.3, -0.25) is 0 Å². The molecule has 0 saturated carbocycles. The number of carboxylic acid groups (broad SMARTS) is 2. The van der Waals surface area contributed by atoms with Crippen LogP contribution in [0.2, 0.25) is 0 Å². The van der Waals surface area contributed by atoms with E-state index in [4.69, 9.17) is 19.8 Å². The predicted molar refractivity (Wildman–Crippen MR) is 65.2 cm³/mol. The highest BCUT2D eigenvalue weighted by atomic mass is 16.4. The maximum atomic E-state index is 9.61. The molecule has 6 nitrogen and oxygen atoms in total. The maximum absolute atomic E-state index is 9.61. The summed E-state index contributed by atoms with van der Waals surface area (Å²) in [6, 6.07) is 9.73. The highest BCUT2D eigenvalue weighted by molar-refractivity contribution is 6.27. The lowest BCUT2D eigenvalue weighted by Crippen LogP contribution is -2.11. The molecule has 6 heteroatoms. The van der Waals surface area contributed by atoms with Gasteiger partial charge in [-0.05, 0) is 25.6 Å². The van der Waals surface area contributed by atoms with Gasteiger partial charge in [-0.1, -0.05) is 30.3 Å². The molecule has 1 aromatic carbocycles. The normalized spacial score (nSPS) is 11.0. The zero-order chi connectivity index (χ0) is 14.0. The Labute approximate surface area is 105 Å². The number of carboxylic acids is 2. The van der Waals surface area contributed by atoms with Crippen molar-refractivity contribution in [2.24, 2.45) is 0 Å². The second-order valence-electron chi connectivity index (χ2n) is 3.43. The number of hydrogen-bond donors (Lipinski definition) is 4. The second-order valence-corrected chi connectivity index (χ2v) is 3.43. The van der Waals surface area contributed by atoms with E-state index in [1.165, 1.54) is 0 Å². The van der Waals surface area contributed by atoms with Gasteiger partial charge in [0.1, 0.15) is 0 Å². The SMILES string of the molecule is CNCC[C@H](O)c1ccccc1.O=C(O)C(=O)O. The molecule has 0 fully saturated rings. The summed E-state index contributed by atoms with van der Waals surface area (Å²) < 4.78 is 0. The van der Waals surface area contributed by atoms with Gasteiger partial charge in [-0.25, -0.2) is 9.59 Å². The van der Waals surface area contributed by atoms with Crippen molar-refractivity contribution in [2.45, 2.75) is 12.5 Å². The molecule has 0 bridgehead atoms. The molecule has 0 aliphatic heterocycles. The first-order valence-corrected chi connectivity index (χ1v) is 5.32. The Hall–Kier alpha value is -1.92. The van der Waals surface area contributed by atoms with Gasteiger partial charge in [0.05, 0.1) is 6.10 Å². The molecular weight excluding hydrogens is 238 g/mol. The van der Waals surface area contributed by atoms with E-state index in [1.54, 1.807) is 0 Å². The van der Waals surface area contributed by atoms with Crippen molar-refractivity contribution in [2.75, 3.05) is 13.6 Å². The summed E-state index contributed by atoms with van der Waals surface area (Å²) in [5, 5.41) is 27.4. The summed E-state index contributed by atoms with van der Waals surface area (Å²) in [5.41, 5.74) is 0.993. The molecule has 0 spiro atoms. The number of rotatable bonds is 4. The summed E-state index contributed by atoms with van der Waals surface area (Å²) in [7, 11) is 1.89. The van der Waals surface area contributed by atoms with Crippen molar-refractivity contribution in [1.29, 1.82) is 0 Å². The fraction of sp³-hybridized carbons (Fsp3) is 0.333. The first kappa shape index (κ1) is 16.1. The van der Waals surface area contributed by atoms with E-state index >= 15 is 0 Å². The van der Waals surface area contributed by atoms with E-state index in [2.05, 4.69) is 5.32 Å². The highest BCUT2D eigenvalue weighted by Crippen LogP contribution is 2.14. The molecule has 1 aromatic rings. The van der Waals surface area contributed by atoms with Crippen molar-refractivity contribution in [3.8, 4) is 0 Å². The van der Waals surface area contributed by atoms with E-state index in [-0.39, 0.29) is 6.10 Å². The van der Waals surface area contributed by atoms with Gasteiger partial charge in [0.15, 0.2) is 0 Å². The lowest BCUT2D eigenvalue weighted by Gasteiger charge is -2.09. The van der Waals surface area contributed by atoms with Crippen LogP contribution in [0, 0.1) is 0 Å². The van der Waals surface area contributed by atoms with Gasteiger partial charge in [-0.2, -0.15) is 0 Å². The molecule has 1 atom stereocenters. The Morgan fingerprint density at radius 1 is 1.17 bits per heavy atom. The van der Waals surface area contributed by atoms with Gasteiger partial charge in [-0.15, -0.1) is 0 Å². The van der Waals surface area contributed by atoms with Crippen molar-refractivity contribution >= 4 is 11.9 Å². The van der Waals surface area contributed by atoms with Crippen LogP contribution in [0.15, 0.2) is 30.3 Å². The van der Waals surface area contributed by atoms with Crippen LogP contribution < -0.4 is 5.32 Å². The van der Waals surface area contributed by atoms with Gasteiger partial charge in [0.25, 0.3) is 0 Å². The standard InChI is InChI=1S/C10H15NO.C2H2O4/c1-11-8-7-10(12)9-5-3-2-4-6-9;3-1(4)2(5)6/h2-6,10-12H,7-8H2,1H3;(H,3,4)(H,5,6)/t10-;/m0./s1. The third-order valence-electron chi connectivity index (χ3n) is 2.04. The van der Waals surface area contributed by atoms with Crippen molar-refractivity contribution in [1.82, 2.24) is 5.32 Å². The molecule has 0 heterocycles. The average Bonchev–Trinajstić information content (AvgIpc) is 2.37. The number of benzene rings is 1. The molecule has 18 heavy (non-hydrogen) atoms. The molecule has 0 unspecified atom stereocenters. The van der Waals surface area contributed by atoms with E-state index in [9.17, 15) is 5.11 Å². The molecule has 100 valence electrons. The Morgan fingerprint density at radius 3 is 2.06 bits per heavy atom. The number of nitrogens with one attached hydrogen (secondary N) is 1. The average molecular weight is 255 g/mol. The quantitative estimate of drug-likeness (QED) is 0.583. The van der Waals surface area contributed by atoms with Crippen LogP contribution in [0.1, 0.15) is 18.1 Å². The molecule has 1 rings (SSSR count). The largest absolute Gasteiger partial charge is 0.473 e. The molecule has 0 saturated heterocycles. The van der Waals surface area contributed by atoms with Crippen LogP contribution >= 0.6 is 0 Å². The number of aliphatic carboxylic acids is 2. The summed E-state index contributed by atoms with van der Waals surface area (Å²) in [6.45, 7) is 0.843. The number of aliphatic hydroxyl groups excluding tert-OH is 1. The molecule has 0 radical (unpaired) electrons. The smallest absolute Gasteiger partial charge is 0.414 e. The first-order valence-electron chi connectivity index (χ1n) is 5.32. The third kappa shape index (κ3) is 7.37. The van der Waals surface area contributed by atoms with Gasteiger partial charge >= 0.3 is 11.9 Å². The molecule has 4 N–H and O–H groups in total. The van der Waals surface area contributed by atoms with Gasteiger partial charge in [0, 0.05) is 0 Å². The fourth-order valence-corrected chi connectivity index (χ4v) is 1.12. The Balaban J connectivity index is 0.000000411. The lowest BCUT2D eigenvalue weighted by molar-refractivity contribution is -0.159. The highest BCUT2D eigenvalue weighted by Gasteiger charge is 2.04. The van der Waals surface area contributed by atoms with E-state index < -0.39 is 11.9 Å². The topological polar surface area (TPSA) is 107 Å². The van der Waals surface area contributed by atoms with Crippen LogP contribution in [-0.2, 0) is 9.59 Å². The van der Waals surface area contributed by atoms with Gasteiger partial charge < -0.3 is 20.6 Å². The Morgan fingerprint density at radius 2 is 1.67 bits per heavy atom. The van der Waals surface area contributed by atoms with Crippen LogP contribution in [0.3, 0.4) is 0 Å². The third-order valence-corrected chi connectivity index (χ3v) is 2.04. The number of carbonyl (C=O) groups is 2. The zero-order valence-corrected chi connectivity index (χ0v) is 10.0. The van der Waals surface area contributed by atoms with Crippen molar-refractivity contribution in [3.63, 3.8) is 0 Å². The van der Waals surface area contributed by atoms with Crippen molar-refractivity contribution < 1.29 is 24.9 Å². The second kappa shape index (κ2) is 9.15. The molecular formula is C12H17NO5. The van der Waals surface area contributed by atoms with Crippen LogP contribution in [-0.4, -0.2) is 40.9 Å². The first-order chi connectivity index (χ1) is 8.49. The minimum absolute atomic E-state index is 0.335. The van der Waals surface area contributed by atoms with E-state index in [0.717, 1.165) is 18.5 Å². The maximum Gasteiger partial charge on any atom is 0.414 e. The zero-order valence-electron chi connectivity index (χ0n) is 10.0. The molecule has 0 aromatic heterocycles. The minimum atomic E-state index is -1.82. The number of hydrogen-bond acceptors (Lipinski definition) is 4. The van der Waals surface area contributed by atoms with Crippen molar-refractivity contribution in [3.05, 3.63) is 35.9 Å². The molecule has 0 amide bonds. The summed E-state index contributed by atoms with van der Waals surface area (Å²) in [5.74, 6) is -3.65. The summed E-state index contributed by atoms with van der Waals surface area (Å²) in [4.78, 5) is 18.2. The summed E-state index contributed by atoms with van der Waals surface area (Å²) >= 11 is 0. The Kier molecular flexibility index (Phi) is 8.17. The van der Waals surface area contributed by atoms with Crippen LogP contribution in [0.25, 0.3) is 0 Å². The predicted octanol–water partition coefficient (Wildman–Crippen LogP) is 0.485. The molecule has 0 aliphatic carbocycles. The monoisotopic (exact) mass is 255 g/mol. The number of aliphatic hydroxyl groups is 1.